The molecule has 1 aliphatic rings. The number of pyridine rings is 1. The van der Waals surface area contributed by atoms with E-state index in [1.165, 1.54) is 12.2 Å². The van der Waals surface area contributed by atoms with E-state index in [4.69, 9.17) is 0 Å². The summed E-state index contributed by atoms with van der Waals surface area (Å²) in [5, 5.41) is 0. The van der Waals surface area contributed by atoms with Crippen molar-refractivity contribution in [2.24, 2.45) is 0 Å². The van der Waals surface area contributed by atoms with Gasteiger partial charge in [0.15, 0.2) is 5.82 Å². The van der Waals surface area contributed by atoms with E-state index in [-0.39, 0.29) is 23.0 Å². The molecule has 2 heterocycles. The van der Waals surface area contributed by atoms with Gasteiger partial charge in [-0.15, -0.1) is 0 Å². The Hall–Kier alpha value is -2.56. The summed E-state index contributed by atoms with van der Waals surface area (Å²) in [7, 11) is 0. The molecule has 0 atom stereocenters. The number of fused-ring (bicyclic) bond motifs is 1. The normalized spacial score (nSPS) is 13.8. The van der Waals surface area contributed by atoms with Crippen LogP contribution in [0.1, 0.15) is 26.5 Å². The number of nitrogens with zero attached hydrogens (tertiary/aromatic N) is 2. The second-order valence-corrected chi connectivity index (χ2v) is 4.04. The number of hydrogen-bond acceptors (Lipinski definition) is 4. The van der Waals surface area contributed by atoms with Crippen LogP contribution >= 0.6 is 0 Å². The summed E-state index contributed by atoms with van der Waals surface area (Å²) in [6, 6.07) is 3.71. The highest BCUT2D eigenvalue weighted by Gasteiger charge is 2.24. The van der Waals surface area contributed by atoms with Crippen molar-refractivity contribution >= 4 is 11.6 Å². The van der Waals surface area contributed by atoms with E-state index < -0.39 is 0 Å². The van der Waals surface area contributed by atoms with Gasteiger partial charge >= 0.3 is 0 Å². The molecule has 5 heteroatoms. The monoisotopic (exact) mass is 239 g/mol. The zero-order valence-electron chi connectivity index (χ0n) is 9.60. The molecule has 2 aromatic rings. The van der Waals surface area contributed by atoms with Crippen molar-refractivity contribution in [3.05, 3.63) is 47.4 Å². The summed E-state index contributed by atoms with van der Waals surface area (Å²) in [4.78, 5) is 34.5. The summed E-state index contributed by atoms with van der Waals surface area (Å²) in [6.45, 7) is 1.89. The van der Waals surface area contributed by atoms with Crippen LogP contribution in [0.5, 0.6) is 0 Å². The molecule has 5 nitrogen and oxygen atoms in total. The molecule has 0 spiro atoms. The fraction of sp³-hybridized carbons (Fsp3) is 0.0769. The number of ketones is 2. The Morgan fingerprint density at radius 2 is 1.89 bits per heavy atom. The molecule has 1 aliphatic carbocycles. The number of nitrogens with one attached hydrogen (secondary N) is 1. The number of aryl methyl sites for hydroxylation is 1. The first-order chi connectivity index (χ1) is 8.66. The number of allylic oxidation sites excluding steroid dienone is 2. The van der Waals surface area contributed by atoms with Crippen molar-refractivity contribution in [2.75, 3.05) is 0 Å². The quantitative estimate of drug-likeness (QED) is 0.822. The maximum absolute atomic E-state index is 11.6. The van der Waals surface area contributed by atoms with Gasteiger partial charge in [0, 0.05) is 6.20 Å². The maximum atomic E-state index is 11.6. The van der Waals surface area contributed by atoms with Gasteiger partial charge < -0.3 is 4.98 Å². The molecule has 0 unspecified atom stereocenters. The fourth-order valence-electron chi connectivity index (χ4n) is 1.89. The molecule has 0 amide bonds. The molecule has 2 aromatic heterocycles. The second-order valence-electron chi connectivity index (χ2n) is 4.04. The van der Waals surface area contributed by atoms with Crippen LogP contribution in [-0.4, -0.2) is 26.5 Å². The molecular formula is C13H9N3O2. The Morgan fingerprint density at radius 3 is 2.61 bits per heavy atom. The van der Waals surface area contributed by atoms with Gasteiger partial charge in [-0.2, -0.15) is 0 Å². The van der Waals surface area contributed by atoms with Crippen molar-refractivity contribution in [1.29, 1.82) is 0 Å². The van der Waals surface area contributed by atoms with Crippen LogP contribution in [-0.2, 0) is 0 Å². The third-order valence-corrected chi connectivity index (χ3v) is 2.80. The molecule has 18 heavy (non-hydrogen) atoms. The van der Waals surface area contributed by atoms with Crippen LogP contribution < -0.4 is 0 Å². The van der Waals surface area contributed by atoms with Gasteiger partial charge in [-0.1, -0.05) is 6.07 Å². The van der Waals surface area contributed by atoms with Gasteiger partial charge in [0.1, 0.15) is 17.1 Å². The first-order valence-corrected chi connectivity index (χ1v) is 5.45. The Balaban J connectivity index is 2.18. The first-order valence-electron chi connectivity index (χ1n) is 5.45. The van der Waals surface area contributed by atoms with E-state index in [2.05, 4.69) is 15.0 Å². The number of H-pyrrole nitrogens is 1. The highest BCUT2D eigenvalue weighted by Crippen LogP contribution is 2.22. The zero-order valence-corrected chi connectivity index (χ0v) is 9.60. The summed E-state index contributed by atoms with van der Waals surface area (Å²) in [5.41, 5.74) is 1.98. The first kappa shape index (κ1) is 10.6. The molecule has 0 bridgehead atoms. The molecule has 0 aliphatic heterocycles. The molecule has 0 saturated heterocycles. The van der Waals surface area contributed by atoms with Crippen molar-refractivity contribution < 1.29 is 9.59 Å². The van der Waals surface area contributed by atoms with E-state index in [9.17, 15) is 9.59 Å². The highest BCUT2D eigenvalue weighted by atomic mass is 16.1. The zero-order chi connectivity index (χ0) is 12.7. The second kappa shape index (κ2) is 3.73. The van der Waals surface area contributed by atoms with Crippen molar-refractivity contribution in [3.8, 4) is 11.5 Å². The van der Waals surface area contributed by atoms with Gasteiger partial charge in [0.05, 0.1) is 0 Å². The Bertz CT molecular complexity index is 663. The van der Waals surface area contributed by atoms with Gasteiger partial charge in [-0.25, -0.2) is 4.98 Å². The summed E-state index contributed by atoms with van der Waals surface area (Å²) in [5.74, 6) is -0.0545. The number of imidazole rings is 1. The van der Waals surface area contributed by atoms with Crippen LogP contribution in [0.25, 0.3) is 11.5 Å². The van der Waals surface area contributed by atoms with Gasteiger partial charge in [0.25, 0.3) is 0 Å². The molecule has 0 fully saturated rings. The number of aromatic nitrogens is 3. The number of carbonyl (C=O) groups excluding carboxylic acids is 2. The van der Waals surface area contributed by atoms with Gasteiger partial charge in [-0.05, 0) is 30.7 Å². The predicted molar refractivity (Wildman–Crippen MR) is 64.4 cm³/mol. The minimum atomic E-state index is -0.263. The molecule has 1 N–H and O–H groups in total. The van der Waals surface area contributed by atoms with E-state index >= 15 is 0 Å². The number of carbonyl (C=O) groups is 2. The lowest BCUT2D eigenvalue weighted by atomic mass is 10.1. The Kier molecular flexibility index (Phi) is 2.19. The lowest BCUT2D eigenvalue weighted by Crippen LogP contribution is -2.10. The highest BCUT2D eigenvalue weighted by molar-refractivity contribution is 6.20. The van der Waals surface area contributed by atoms with Gasteiger partial charge in [0.2, 0.25) is 11.6 Å². The average molecular weight is 239 g/mol. The van der Waals surface area contributed by atoms with Crippen LogP contribution in [0.2, 0.25) is 0 Å². The van der Waals surface area contributed by atoms with Crippen LogP contribution in [0.15, 0.2) is 30.5 Å². The third-order valence-electron chi connectivity index (χ3n) is 2.80. The van der Waals surface area contributed by atoms with Crippen molar-refractivity contribution in [1.82, 2.24) is 15.0 Å². The fourth-order valence-corrected chi connectivity index (χ4v) is 1.89. The van der Waals surface area contributed by atoms with Crippen molar-refractivity contribution in [3.63, 3.8) is 0 Å². The summed E-state index contributed by atoms with van der Waals surface area (Å²) in [6.07, 6.45) is 4.13. The van der Waals surface area contributed by atoms with Crippen LogP contribution in [0.4, 0.5) is 0 Å². The Labute approximate surface area is 103 Å². The van der Waals surface area contributed by atoms with E-state index in [1.54, 1.807) is 6.20 Å². The minimum Gasteiger partial charge on any atom is -0.333 e. The molecule has 0 saturated carbocycles. The van der Waals surface area contributed by atoms with E-state index in [0.717, 1.165) is 5.56 Å². The maximum Gasteiger partial charge on any atom is 0.206 e. The standard InChI is InChI=1S/C13H9N3O2/c1-7-3-2-6-14-10(7)13-15-11-8(17)4-5-9(18)12(11)16-13/h2-6H,1H3,(H,15,16). The van der Waals surface area contributed by atoms with Crippen molar-refractivity contribution in [2.45, 2.75) is 6.92 Å². The molecule has 0 radical (unpaired) electrons. The SMILES string of the molecule is Cc1cccnc1-c1nc2c([nH]1)C(=O)C=CC2=O. The molecular weight excluding hydrogens is 230 g/mol. The largest absolute Gasteiger partial charge is 0.333 e. The predicted octanol–water partition coefficient (Wildman–Crippen LogP) is 1.72. The molecule has 0 aromatic carbocycles. The average Bonchev–Trinajstić information content (AvgIpc) is 2.80. The van der Waals surface area contributed by atoms with Gasteiger partial charge in [-0.3, -0.25) is 14.6 Å². The topological polar surface area (TPSA) is 75.7 Å². The lowest BCUT2D eigenvalue weighted by Gasteiger charge is -1.99. The van der Waals surface area contributed by atoms with E-state index in [1.807, 2.05) is 19.1 Å². The number of aromatic amines is 1. The molecule has 3 rings (SSSR count). The smallest absolute Gasteiger partial charge is 0.206 e. The lowest BCUT2D eigenvalue weighted by molar-refractivity contribution is 0.0989. The third kappa shape index (κ3) is 1.48. The Morgan fingerprint density at radius 1 is 1.11 bits per heavy atom. The summed E-state index contributed by atoms with van der Waals surface area (Å²) < 4.78 is 0. The van der Waals surface area contributed by atoms with Crippen LogP contribution in [0.3, 0.4) is 0 Å². The van der Waals surface area contributed by atoms with E-state index in [0.29, 0.717) is 11.5 Å². The molecule has 88 valence electrons. The number of rotatable bonds is 1. The summed E-state index contributed by atoms with van der Waals surface area (Å²) >= 11 is 0. The minimum absolute atomic E-state index is 0.169. The van der Waals surface area contributed by atoms with Crippen LogP contribution in [0, 0.1) is 6.92 Å². The number of hydrogen-bond donors (Lipinski definition) is 1.